The second kappa shape index (κ2) is 5.80. The SMILES string of the molecule is CNCCCc1cc2c(s1)CCCC2OC. The van der Waals surface area contributed by atoms with Crippen LogP contribution in [0.2, 0.25) is 0 Å². The van der Waals surface area contributed by atoms with E-state index in [4.69, 9.17) is 4.74 Å². The summed E-state index contributed by atoms with van der Waals surface area (Å²) >= 11 is 2.00. The van der Waals surface area contributed by atoms with Crippen LogP contribution in [0.3, 0.4) is 0 Å². The summed E-state index contributed by atoms with van der Waals surface area (Å²) in [4.78, 5) is 3.10. The van der Waals surface area contributed by atoms with E-state index >= 15 is 0 Å². The number of ether oxygens (including phenoxy) is 1. The van der Waals surface area contributed by atoms with E-state index in [0.717, 1.165) is 6.54 Å². The van der Waals surface area contributed by atoms with Crippen LogP contribution in [0.25, 0.3) is 0 Å². The summed E-state index contributed by atoms with van der Waals surface area (Å²) in [5, 5.41) is 3.20. The molecule has 1 aliphatic rings. The molecule has 0 spiro atoms. The molecule has 0 amide bonds. The molecule has 16 heavy (non-hydrogen) atoms. The molecule has 0 aromatic carbocycles. The van der Waals surface area contributed by atoms with Gasteiger partial charge in [-0.2, -0.15) is 0 Å². The fourth-order valence-electron chi connectivity index (χ4n) is 2.38. The number of rotatable bonds is 5. The van der Waals surface area contributed by atoms with Gasteiger partial charge in [0.05, 0.1) is 6.10 Å². The lowest BCUT2D eigenvalue weighted by molar-refractivity contribution is 0.0888. The summed E-state index contributed by atoms with van der Waals surface area (Å²) in [6.07, 6.45) is 6.52. The maximum absolute atomic E-state index is 5.55. The van der Waals surface area contributed by atoms with Crippen LogP contribution in [0.5, 0.6) is 0 Å². The van der Waals surface area contributed by atoms with Crippen LogP contribution in [0.15, 0.2) is 6.07 Å². The molecule has 3 heteroatoms. The molecule has 0 fully saturated rings. The van der Waals surface area contributed by atoms with E-state index in [9.17, 15) is 0 Å². The molecule has 0 saturated heterocycles. The van der Waals surface area contributed by atoms with Gasteiger partial charge < -0.3 is 10.1 Å². The van der Waals surface area contributed by atoms with E-state index in [0.29, 0.717) is 6.10 Å². The van der Waals surface area contributed by atoms with E-state index in [1.54, 1.807) is 4.88 Å². The third-order valence-corrected chi connectivity index (χ3v) is 4.51. The van der Waals surface area contributed by atoms with Gasteiger partial charge in [0.2, 0.25) is 0 Å². The lowest BCUT2D eigenvalue weighted by Gasteiger charge is -2.20. The summed E-state index contributed by atoms with van der Waals surface area (Å²) in [6, 6.07) is 2.38. The van der Waals surface area contributed by atoms with Crippen molar-refractivity contribution in [3.63, 3.8) is 0 Å². The van der Waals surface area contributed by atoms with Gasteiger partial charge in [0.25, 0.3) is 0 Å². The lowest BCUT2D eigenvalue weighted by Crippen LogP contribution is -2.08. The Kier molecular flexibility index (Phi) is 4.38. The second-order valence-electron chi connectivity index (χ2n) is 4.41. The quantitative estimate of drug-likeness (QED) is 0.798. The number of hydrogen-bond donors (Lipinski definition) is 1. The van der Waals surface area contributed by atoms with Gasteiger partial charge >= 0.3 is 0 Å². The van der Waals surface area contributed by atoms with Crippen molar-refractivity contribution in [3.05, 3.63) is 21.4 Å². The molecular weight excluding hydrogens is 218 g/mol. The van der Waals surface area contributed by atoms with Crippen LogP contribution >= 0.6 is 11.3 Å². The average Bonchev–Trinajstić information content (AvgIpc) is 2.71. The molecular formula is C13H21NOS. The Hall–Kier alpha value is -0.380. The number of nitrogens with one attached hydrogen (secondary N) is 1. The van der Waals surface area contributed by atoms with Crippen molar-refractivity contribution in [2.75, 3.05) is 20.7 Å². The average molecular weight is 239 g/mol. The first kappa shape index (κ1) is 12.1. The van der Waals surface area contributed by atoms with Gasteiger partial charge in [0, 0.05) is 16.9 Å². The van der Waals surface area contributed by atoms with Gasteiger partial charge in [0.1, 0.15) is 0 Å². The van der Waals surface area contributed by atoms with Crippen LogP contribution in [0.4, 0.5) is 0 Å². The van der Waals surface area contributed by atoms with Crippen molar-refractivity contribution in [2.24, 2.45) is 0 Å². The molecule has 1 aliphatic carbocycles. The molecule has 1 atom stereocenters. The van der Waals surface area contributed by atoms with Crippen LogP contribution < -0.4 is 5.32 Å². The molecule has 0 radical (unpaired) electrons. The lowest BCUT2D eigenvalue weighted by atomic mass is 9.96. The smallest absolute Gasteiger partial charge is 0.0832 e. The highest BCUT2D eigenvalue weighted by molar-refractivity contribution is 7.12. The number of hydrogen-bond acceptors (Lipinski definition) is 3. The fraction of sp³-hybridized carbons (Fsp3) is 0.692. The van der Waals surface area contributed by atoms with Crippen molar-refractivity contribution in [1.29, 1.82) is 0 Å². The Labute approximate surface area is 102 Å². The Morgan fingerprint density at radius 3 is 3.19 bits per heavy atom. The normalized spacial score (nSPS) is 19.8. The highest BCUT2D eigenvalue weighted by atomic mass is 32.1. The number of fused-ring (bicyclic) bond motifs is 1. The van der Waals surface area contributed by atoms with Crippen LogP contribution in [0, 0.1) is 0 Å². The van der Waals surface area contributed by atoms with E-state index in [2.05, 4.69) is 11.4 Å². The van der Waals surface area contributed by atoms with Gasteiger partial charge in [-0.25, -0.2) is 0 Å². The van der Waals surface area contributed by atoms with Crippen LogP contribution in [0.1, 0.15) is 40.7 Å². The Bertz CT molecular complexity index is 335. The van der Waals surface area contributed by atoms with E-state index < -0.39 is 0 Å². The van der Waals surface area contributed by atoms with Crippen molar-refractivity contribution in [3.8, 4) is 0 Å². The van der Waals surface area contributed by atoms with Gasteiger partial charge in [-0.15, -0.1) is 11.3 Å². The largest absolute Gasteiger partial charge is 0.377 e. The Morgan fingerprint density at radius 2 is 2.44 bits per heavy atom. The number of aryl methyl sites for hydroxylation is 2. The maximum atomic E-state index is 5.55. The van der Waals surface area contributed by atoms with Crippen molar-refractivity contribution < 1.29 is 4.74 Å². The fourth-order valence-corrected chi connectivity index (χ4v) is 3.68. The van der Waals surface area contributed by atoms with Gasteiger partial charge in [-0.3, -0.25) is 0 Å². The molecule has 0 bridgehead atoms. The number of thiophene rings is 1. The molecule has 2 nitrogen and oxygen atoms in total. The third-order valence-electron chi connectivity index (χ3n) is 3.24. The first-order valence-corrected chi connectivity index (χ1v) is 6.95. The summed E-state index contributed by atoms with van der Waals surface area (Å²) in [5.41, 5.74) is 1.47. The van der Waals surface area contributed by atoms with E-state index in [1.165, 1.54) is 42.5 Å². The molecule has 2 rings (SSSR count). The monoisotopic (exact) mass is 239 g/mol. The Balaban J connectivity index is 2.03. The first-order chi connectivity index (χ1) is 7.85. The molecule has 1 unspecified atom stereocenters. The summed E-state index contributed by atoms with van der Waals surface area (Å²) in [5.74, 6) is 0. The standard InChI is InChI=1S/C13H21NOS/c1-14-8-4-5-10-9-11-12(15-2)6-3-7-13(11)16-10/h9,12,14H,3-8H2,1-2H3. The maximum Gasteiger partial charge on any atom is 0.0832 e. The van der Waals surface area contributed by atoms with Crippen molar-refractivity contribution in [2.45, 2.75) is 38.2 Å². The first-order valence-electron chi connectivity index (χ1n) is 6.14. The van der Waals surface area contributed by atoms with Gasteiger partial charge in [0.15, 0.2) is 0 Å². The molecule has 1 aromatic heterocycles. The molecule has 90 valence electrons. The van der Waals surface area contributed by atoms with Crippen LogP contribution in [-0.2, 0) is 17.6 Å². The highest BCUT2D eigenvalue weighted by Gasteiger charge is 2.22. The predicted octanol–water partition coefficient (Wildman–Crippen LogP) is 2.92. The van der Waals surface area contributed by atoms with Crippen LogP contribution in [-0.4, -0.2) is 20.7 Å². The van der Waals surface area contributed by atoms with Gasteiger partial charge in [-0.1, -0.05) is 0 Å². The summed E-state index contributed by atoms with van der Waals surface area (Å²) in [6.45, 7) is 1.11. The van der Waals surface area contributed by atoms with Crippen molar-refractivity contribution in [1.82, 2.24) is 5.32 Å². The highest BCUT2D eigenvalue weighted by Crippen LogP contribution is 2.37. The van der Waals surface area contributed by atoms with E-state index in [-0.39, 0.29) is 0 Å². The zero-order valence-corrected chi connectivity index (χ0v) is 11.0. The molecule has 0 saturated carbocycles. The molecule has 0 aliphatic heterocycles. The minimum absolute atomic E-state index is 0.359. The van der Waals surface area contributed by atoms with Gasteiger partial charge in [-0.05, 0) is 57.3 Å². The third kappa shape index (κ3) is 2.65. The summed E-state index contributed by atoms with van der Waals surface area (Å²) < 4.78 is 5.55. The van der Waals surface area contributed by atoms with E-state index in [1.807, 2.05) is 25.5 Å². The summed E-state index contributed by atoms with van der Waals surface area (Å²) in [7, 11) is 3.85. The molecule has 1 aromatic rings. The minimum Gasteiger partial charge on any atom is -0.377 e. The second-order valence-corrected chi connectivity index (χ2v) is 5.64. The molecule has 1 N–H and O–H groups in total. The Morgan fingerprint density at radius 1 is 1.56 bits per heavy atom. The zero-order valence-electron chi connectivity index (χ0n) is 10.2. The zero-order chi connectivity index (χ0) is 11.4. The molecule has 1 heterocycles. The van der Waals surface area contributed by atoms with Crippen molar-refractivity contribution >= 4 is 11.3 Å². The minimum atomic E-state index is 0.359. The topological polar surface area (TPSA) is 21.3 Å². The predicted molar refractivity (Wildman–Crippen MR) is 69.3 cm³/mol. The number of methoxy groups -OCH3 is 1.